The van der Waals surface area contributed by atoms with Crippen LogP contribution in [0.1, 0.15) is 31.0 Å². The Morgan fingerprint density at radius 3 is 2.26 bits per heavy atom. The summed E-state index contributed by atoms with van der Waals surface area (Å²) in [6.45, 7) is 3.73. The molecule has 0 fully saturated rings. The number of nitrogens with one attached hydrogen (secondary N) is 1. The van der Waals surface area contributed by atoms with Gasteiger partial charge in [-0.05, 0) is 34.5 Å². The Kier molecular flexibility index (Phi) is 5.36. The average molecular weight is 362 g/mol. The van der Waals surface area contributed by atoms with Crippen molar-refractivity contribution in [3.63, 3.8) is 0 Å². The van der Waals surface area contributed by atoms with Crippen LogP contribution in [0.5, 0.6) is 5.75 Å². The highest BCUT2D eigenvalue weighted by atomic mass is 16.3. The maximum absolute atomic E-state index is 12.5. The predicted molar refractivity (Wildman–Crippen MR) is 111 cm³/mol. The summed E-state index contributed by atoms with van der Waals surface area (Å²) in [6.07, 6.45) is 0. The largest absolute Gasteiger partial charge is 0.508 e. The Labute approximate surface area is 160 Å². The van der Waals surface area contributed by atoms with Gasteiger partial charge in [-0.1, -0.05) is 56.3 Å². The van der Waals surface area contributed by atoms with E-state index in [1.54, 1.807) is 6.07 Å². The minimum absolute atomic E-state index is 0.0518. The molecule has 0 bridgehead atoms. The fourth-order valence-corrected chi connectivity index (χ4v) is 3.18. The van der Waals surface area contributed by atoms with Crippen LogP contribution in [0.2, 0.25) is 0 Å². The molecule has 2 N–H and O–H groups in total. The van der Waals surface area contributed by atoms with Gasteiger partial charge in [-0.15, -0.1) is 0 Å². The molecule has 3 aromatic rings. The topological polar surface area (TPSA) is 52.6 Å². The molecule has 0 aliphatic rings. The third-order valence-corrected chi connectivity index (χ3v) is 4.79. The van der Waals surface area contributed by atoms with E-state index in [0.717, 1.165) is 27.6 Å². The van der Waals surface area contributed by atoms with Crippen molar-refractivity contribution in [3.05, 3.63) is 71.8 Å². The molecule has 27 heavy (non-hydrogen) atoms. The summed E-state index contributed by atoms with van der Waals surface area (Å²) in [5.41, 5.74) is 2.73. The number of hydrogen-bond donors (Lipinski definition) is 2. The number of amides is 1. The lowest BCUT2D eigenvalue weighted by molar-refractivity contribution is -0.124. The number of aromatic hydroxyl groups is 1. The van der Waals surface area contributed by atoms with Crippen molar-refractivity contribution in [1.82, 2.24) is 5.32 Å². The maximum atomic E-state index is 12.5. The molecule has 1 atom stereocenters. The van der Waals surface area contributed by atoms with E-state index in [1.165, 1.54) is 0 Å². The number of hydrogen-bond acceptors (Lipinski definition) is 3. The van der Waals surface area contributed by atoms with E-state index in [4.69, 9.17) is 0 Å². The van der Waals surface area contributed by atoms with Gasteiger partial charge in [-0.3, -0.25) is 4.79 Å². The fourth-order valence-electron chi connectivity index (χ4n) is 3.18. The SMILES string of the molecule is CC(C)C(=O)N[C@H](c1ccc(N(C)C)cc1)c1c(O)ccc2ccccc12. The molecular formula is C23H26N2O2. The molecule has 0 aliphatic heterocycles. The second-order valence-corrected chi connectivity index (χ2v) is 7.30. The molecule has 1 amide bonds. The molecule has 0 heterocycles. The number of carbonyl (C=O) groups excluding carboxylic acids is 1. The monoisotopic (exact) mass is 362 g/mol. The number of anilines is 1. The van der Waals surface area contributed by atoms with Gasteiger partial charge in [0.1, 0.15) is 5.75 Å². The van der Waals surface area contributed by atoms with Crippen molar-refractivity contribution in [3.8, 4) is 5.75 Å². The van der Waals surface area contributed by atoms with Gasteiger partial charge in [0.05, 0.1) is 6.04 Å². The molecule has 0 aromatic heterocycles. The lowest BCUT2D eigenvalue weighted by Gasteiger charge is -2.24. The maximum Gasteiger partial charge on any atom is 0.223 e. The van der Waals surface area contributed by atoms with Gasteiger partial charge in [0.2, 0.25) is 5.91 Å². The molecule has 4 nitrogen and oxygen atoms in total. The zero-order chi connectivity index (χ0) is 19.6. The zero-order valence-electron chi connectivity index (χ0n) is 16.2. The number of carbonyl (C=O) groups is 1. The minimum atomic E-state index is -0.429. The summed E-state index contributed by atoms with van der Waals surface area (Å²) >= 11 is 0. The molecule has 4 heteroatoms. The van der Waals surface area contributed by atoms with E-state index in [0.29, 0.717) is 0 Å². The Bertz CT molecular complexity index is 946. The lowest BCUT2D eigenvalue weighted by Crippen LogP contribution is -2.32. The van der Waals surface area contributed by atoms with Gasteiger partial charge in [0.25, 0.3) is 0 Å². The van der Waals surface area contributed by atoms with Crippen LogP contribution in [-0.2, 0) is 4.79 Å². The highest BCUT2D eigenvalue weighted by Gasteiger charge is 2.23. The molecule has 3 rings (SSSR count). The summed E-state index contributed by atoms with van der Waals surface area (Å²) in [6, 6.07) is 19.1. The van der Waals surface area contributed by atoms with Crippen molar-refractivity contribution in [2.75, 3.05) is 19.0 Å². The Hall–Kier alpha value is -3.01. The van der Waals surface area contributed by atoms with Crippen LogP contribution in [0.3, 0.4) is 0 Å². The van der Waals surface area contributed by atoms with Crippen LogP contribution >= 0.6 is 0 Å². The van der Waals surface area contributed by atoms with Crippen LogP contribution in [0.4, 0.5) is 5.69 Å². The molecule has 0 aliphatic carbocycles. The molecule has 0 unspecified atom stereocenters. The van der Waals surface area contributed by atoms with Crippen LogP contribution in [0.25, 0.3) is 10.8 Å². The van der Waals surface area contributed by atoms with Crippen molar-refractivity contribution in [1.29, 1.82) is 0 Å². The van der Waals surface area contributed by atoms with Gasteiger partial charge < -0.3 is 15.3 Å². The molecule has 0 saturated heterocycles. The predicted octanol–water partition coefficient (Wildman–Crippen LogP) is 4.47. The normalized spacial score (nSPS) is 12.2. The van der Waals surface area contributed by atoms with Crippen molar-refractivity contribution in [2.24, 2.45) is 5.92 Å². The highest BCUT2D eigenvalue weighted by molar-refractivity contribution is 5.89. The first-order valence-electron chi connectivity index (χ1n) is 9.16. The Morgan fingerprint density at radius 1 is 0.963 bits per heavy atom. The summed E-state index contributed by atoms with van der Waals surface area (Å²) in [7, 11) is 3.98. The average Bonchev–Trinajstić information content (AvgIpc) is 2.66. The molecule has 140 valence electrons. The zero-order valence-corrected chi connectivity index (χ0v) is 16.2. The summed E-state index contributed by atoms with van der Waals surface area (Å²) in [5.74, 6) is -0.0193. The van der Waals surface area contributed by atoms with Crippen molar-refractivity contribution >= 4 is 22.4 Å². The van der Waals surface area contributed by atoms with Gasteiger partial charge in [-0.2, -0.15) is 0 Å². The second-order valence-electron chi connectivity index (χ2n) is 7.30. The number of rotatable bonds is 5. The van der Waals surface area contributed by atoms with Crippen LogP contribution in [0, 0.1) is 5.92 Å². The van der Waals surface area contributed by atoms with Crippen LogP contribution in [0.15, 0.2) is 60.7 Å². The van der Waals surface area contributed by atoms with Crippen LogP contribution in [-0.4, -0.2) is 25.1 Å². The molecular weight excluding hydrogens is 336 g/mol. The fraction of sp³-hybridized carbons (Fsp3) is 0.261. The quantitative estimate of drug-likeness (QED) is 0.704. The van der Waals surface area contributed by atoms with Crippen LogP contribution < -0.4 is 10.2 Å². The standard InChI is InChI=1S/C23H26N2O2/c1-15(2)23(27)24-22(17-9-12-18(13-10-17)25(3)4)21-19-8-6-5-7-16(19)11-14-20(21)26/h5-15,22,26H,1-4H3,(H,24,27)/t22-/m1/s1. The van der Waals surface area contributed by atoms with E-state index in [1.807, 2.05) is 87.4 Å². The highest BCUT2D eigenvalue weighted by Crippen LogP contribution is 2.36. The third-order valence-electron chi connectivity index (χ3n) is 4.79. The Morgan fingerprint density at radius 2 is 1.63 bits per heavy atom. The molecule has 0 spiro atoms. The van der Waals surface area contributed by atoms with Gasteiger partial charge >= 0.3 is 0 Å². The number of nitrogens with zero attached hydrogens (tertiary/aromatic N) is 1. The van der Waals surface area contributed by atoms with E-state index in [-0.39, 0.29) is 17.6 Å². The first kappa shape index (κ1) is 18.8. The molecule has 0 radical (unpaired) electrons. The first-order chi connectivity index (χ1) is 12.9. The molecule has 3 aromatic carbocycles. The molecule has 0 saturated carbocycles. The second kappa shape index (κ2) is 7.70. The van der Waals surface area contributed by atoms with Crippen molar-refractivity contribution < 1.29 is 9.90 Å². The first-order valence-corrected chi connectivity index (χ1v) is 9.16. The van der Waals surface area contributed by atoms with E-state index < -0.39 is 6.04 Å². The van der Waals surface area contributed by atoms with E-state index >= 15 is 0 Å². The smallest absolute Gasteiger partial charge is 0.223 e. The van der Waals surface area contributed by atoms with E-state index in [2.05, 4.69) is 5.32 Å². The Balaban J connectivity index is 2.16. The number of phenolic OH excluding ortho intramolecular Hbond substituents is 1. The lowest BCUT2D eigenvalue weighted by atomic mass is 9.92. The summed E-state index contributed by atoms with van der Waals surface area (Å²) in [5, 5.41) is 15.8. The summed E-state index contributed by atoms with van der Waals surface area (Å²) < 4.78 is 0. The van der Waals surface area contributed by atoms with E-state index in [9.17, 15) is 9.90 Å². The van der Waals surface area contributed by atoms with Gasteiger partial charge in [0.15, 0.2) is 0 Å². The third kappa shape index (κ3) is 3.90. The van der Waals surface area contributed by atoms with Gasteiger partial charge in [-0.25, -0.2) is 0 Å². The van der Waals surface area contributed by atoms with Gasteiger partial charge in [0, 0.05) is 31.3 Å². The minimum Gasteiger partial charge on any atom is -0.508 e. The number of phenols is 1. The summed E-state index contributed by atoms with van der Waals surface area (Å²) in [4.78, 5) is 14.6. The number of fused-ring (bicyclic) bond motifs is 1. The number of benzene rings is 3. The van der Waals surface area contributed by atoms with Crippen molar-refractivity contribution in [2.45, 2.75) is 19.9 Å².